The van der Waals surface area contributed by atoms with Crippen molar-refractivity contribution in [1.82, 2.24) is 30.0 Å². The summed E-state index contributed by atoms with van der Waals surface area (Å²) >= 11 is 6.02. The van der Waals surface area contributed by atoms with Gasteiger partial charge in [0.05, 0.1) is 10.7 Å². The third kappa shape index (κ3) is 3.11. The summed E-state index contributed by atoms with van der Waals surface area (Å²) < 4.78 is 1.88. The molecule has 4 aromatic rings. The SMILES string of the molecule is N#CC(=CNc1cccc(-c2cn3cc(Cl)ccc3n2)c1)c1nn[nH]n1. The standard InChI is InChI=1S/C17H11ClN8/c18-13-4-5-16-21-15(10-26(16)9-13)11-2-1-3-14(6-11)20-8-12(7-19)17-22-24-25-23-17/h1-6,8-10,20H,(H,22,23,24,25). The predicted molar refractivity (Wildman–Crippen MR) is 97.0 cm³/mol. The van der Waals surface area contributed by atoms with Crippen molar-refractivity contribution in [2.75, 3.05) is 5.32 Å². The van der Waals surface area contributed by atoms with Gasteiger partial charge in [0.2, 0.25) is 5.82 Å². The largest absolute Gasteiger partial charge is 0.360 e. The molecule has 126 valence electrons. The smallest absolute Gasteiger partial charge is 0.216 e. The van der Waals surface area contributed by atoms with Gasteiger partial charge in [0.15, 0.2) is 0 Å². The number of anilines is 1. The molecule has 8 nitrogen and oxygen atoms in total. The summed E-state index contributed by atoms with van der Waals surface area (Å²) in [6.07, 6.45) is 5.26. The zero-order valence-corrected chi connectivity index (χ0v) is 14.0. The van der Waals surface area contributed by atoms with E-state index in [4.69, 9.17) is 11.6 Å². The van der Waals surface area contributed by atoms with E-state index in [-0.39, 0.29) is 11.4 Å². The Balaban J connectivity index is 1.63. The van der Waals surface area contributed by atoms with Crippen LogP contribution in [0.4, 0.5) is 5.69 Å². The van der Waals surface area contributed by atoms with E-state index >= 15 is 0 Å². The summed E-state index contributed by atoms with van der Waals surface area (Å²) in [7, 11) is 0. The monoisotopic (exact) mass is 362 g/mol. The summed E-state index contributed by atoms with van der Waals surface area (Å²) in [5.74, 6) is 0.230. The number of aromatic nitrogens is 6. The number of nitriles is 1. The maximum Gasteiger partial charge on any atom is 0.216 e. The molecule has 0 radical (unpaired) electrons. The predicted octanol–water partition coefficient (Wildman–Crippen LogP) is 3.14. The number of hydrogen-bond donors (Lipinski definition) is 2. The second-order valence-electron chi connectivity index (χ2n) is 5.37. The third-order valence-corrected chi connectivity index (χ3v) is 3.89. The Morgan fingerprint density at radius 3 is 3.00 bits per heavy atom. The van der Waals surface area contributed by atoms with Crippen LogP contribution < -0.4 is 5.32 Å². The number of halogens is 1. The second kappa shape index (κ2) is 6.66. The first kappa shape index (κ1) is 15.8. The summed E-state index contributed by atoms with van der Waals surface area (Å²) in [6, 6.07) is 13.4. The van der Waals surface area contributed by atoms with Gasteiger partial charge in [-0.1, -0.05) is 23.7 Å². The fraction of sp³-hybridized carbons (Fsp3) is 0. The van der Waals surface area contributed by atoms with Gasteiger partial charge in [0.25, 0.3) is 0 Å². The number of pyridine rings is 1. The van der Waals surface area contributed by atoms with Gasteiger partial charge in [-0.05, 0) is 29.5 Å². The van der Waals surface area contributed by atoms with Crippen LogP contribution in [0.25, 0.3) is 22.5 Å². The van der Waals surface area contributed by atoms with Crippen LogP contribution in [0.15, 0.2) is 55.0 Å². The lowest BCUT2D eigenvalue weighted by molar-refractivity contribution is 0.881. The van der Waals surface area contributed by atoms with Crippen LogP contribution in [0.3, 0.4) is 0 Å². The molecule has 4 rings (SSSR count). The van der Waals surface area contributed by atoms with Crippen LogP contribution >= 0.6 is 11.6 Å². The van der Waals surface area contributed by atoms with Crippen molar-refractivity contribution in [3.8, 4) is 17.3 Å². The maximum absolute atomic E-state index is 9.21. The topological polar surface area (TPSA) is 108 Å². The van der Waals surface area contributed by atoms with Crippen LogP contribution in [0.1, 0.15) is 5.82 Å². The Morgan fingerprint density at radius 1 is 1.27 bits per heavy atom. The Labute approximate surface area is 152 Å². The van der Waals surface area contributed by atoms with E-state index in [2.05, 4.69) is 30.9 Å². The van der Waals surface area contributed by atoms with Gasteiger partial charge in [-0.15, -0.1) is 10.2 Å². The van der Waals surface area contributed by atoms with Crippen molar-refractivity contribution >= 4 is 28.5 Å². The molecule has 0 saturated carbocycles. The molecule has 0 aliphatic carbocycles. The number of rotatable bonds is 4. The Bertz CT molecular complexity index is 1140. The summed E-state index contributed by atoms with van der Waals surface area (Å²) in [5.41, 5.74) is 3.63. The van der Waals surface area contributed by atoms with E-state index in [1.54, 1.807) is 6.07 Å². The minimum Gasteiger partial charge on any atom is -0.360 e. The Kier molecular flexibility index (Phi) is 4.05. The van der Waals surface area contributed by atoms with Gasteiger partial charge < -0.3 is 9.72 Å². The molecule has 0 fully saturated rings. The molecule has 0 spiro atoms. The molecule has 0 atom stereocenters. The third-order valence-electron chi connectivity index (χ3n) is 3.66. The number of benzene rings is 1. The number of aromatic amines is 1. The average Bonchev–Trinajstić information content (AvgIpc) is 3.32. The molecule has 1 aromatic carbocycles. The number of H-pyrrole nitrogens is 1. The van der Waals surface area contributed by atoms with E-state index in [1.165, 1.54) is 6.20 Å². The van der Waals surface area contributed by atoms with E-state index in [0.717, 1.165) is 22.6 Å². The molecule has 0 aliphatic rings. The van der Waals surface area contributed by atoms with Crippen molar-refractivity contribution in [1.29, 1.82) is 5.26 Å². The molecule has 0 unspecified atom stereocenters. The van der Waals surface area contributed by atoms with E-state index in [1.807, 2.05) is 53.2 Å². The van der Waals surface area contributed by atoms with Crippen molar-refractivity contribution in [2.24, 2.45) is 0 Å². The van der Waals surface area contributed by atoms with Gasteiger partial charge >= 0.3 is 0 Å². The summed E-state index contributed by atoms with van der Waals surface area (Å²) in [6.45, 7) is 0. The van der Waals surface area contributed by atoms with Gasteiger partial charge in [-0.3, -0.25) is 0 Å². The van der Waals surface area contributed by atoms with Crippen molar-refractivity contribution in [2.45, 2.75) is 0 Å². The highest BCUT2D eigenvalue weighted by Crippen LogP contribution is 2.23. The number of imidazole rings is 1. The average molecular weight is 363 g/mol. The molecule has 26 heavy (non-hydrogen) atoms. The zero-order valence-electron chi connectivity index (χ0n) is 13.3. The lowest BCUT2D eigenvalue weighted by Crippen LogP contribution is -1.93. The molecular formula is C17H11ClN8. The lowest BCUT2D eigenvalue weighted by Gasteiger charge is -2.03. The highest BCUT2D eigenvalue weighted by molar-refractivity contribution is 6.30. The van der Waals surface area contributed by atoms with Gasteiger partial charge in [0.1, 0.15) is 17.3 Å². The fourth-order valence-corrected chi connectivity index (χ4v) is 2.62. The molecule has 0 aliphatic heterocycles. The molecule has 0 bridgehead atoms. The minimum atomic E-state index is 0.230. The number of tetrazole rings is 1. The van der Waals surface area contributed by atoms with Crippen LogP contribution in [0.2, 0.25) is 5.02 Å². The quantitative estimate of drug-likeness (QED) is 0.540. The first-order valence-electron chi connectivity index (χ1n) is 7.58. The number of nitrogens with zero attached hydrogens (tertiary/aromatic N) is 6. The normalized spacial score (nSPS) is 11.5. The molecule has 3 heterocycles. The fourth-order valence-electron chi connectivity index (χ4n) is 2.45. The van der Waals surface area contributed by atoms with Gasteiger partial charge in [-0.2, -0.15) is 10.5 Å². The van der Waals surface area contributed by atoms with Crippen molar-refractivity contribution in [3.05, 3.63) is 65.8 Å². The van der Waals surface area contributed by atoms with Crippen molar-refractivity contribution in [3.63, 3.8) is 0 Å². The number of allylic oxidation sites excluding steroid dienone is 1. The zero-order chi connectivity index (χ0) is 17.9. The maximum atomic E-state index is 9.21. The summed E-state index contributed by atoms with van der Waals surface area (Å²) in [5, 5.41) is 26.3. The molecule has 3 aromatic heterocycles. The van der Waals surface area contributed by atoms with E-state index < -0.39 is 0 Å². The molecule has 9 heteroatoms. The Morgan fingerprint density at radius 2 is 2.19 bits per heavy atom. The Hall–Kier alpha value is -3.70. The van der Waals surface area contributed by atoms with E-state index in [0.29, 0.717) is 5.02 Å². The van der Waals surface area contributed by atoms with Crippen molar-refractivity contribution < 1.29 is 0 Å². The highest BCUT2D eigenvalue weighted by atomic mass is 35.5. The van der Waals surface area contributed by atoms with Gasteiger partial charge in [-0.25, -0.2) is 4.98 Å². The number of hydrogen-bond acceptors (Lipinski definition) is 6. The van der Waals surface area contributed by atoms with Crippen LogP contribution in [-0.2, 0) is 0 Å². The molecule has 2 N–H and O–H groups in total. The summed E-state index contributed by atoms with van der Waals surface area (Å²) in [4.78, 5) is 4.59. The molecule has 0 amide bonds. The number of nitrogens with one attached hydrogen (secondary N) is 2. The van der Waals surface area contributed by atoms with Crippen LogP contribution in [0, 0.1) is 11.3 Å². The highest BCUT2D eigenvalue weighted by Gasteiger charge is 2.07. The van der Waals surface area contributed by atoms with E-state index in [9.17, 15) is 5.26 Å². The van der Waals surface area contributed by atoms with Crippen LogP contribution in [-0.4, -0.2) is 30.0 Å². The lowest BCUT2D eigenvalue weighted by atomic mass is 10.1. The number of fused-ring (bicyclic) bond motifs is 1. The minimum absolute atomic E-state index is 0.230. The van der Waals surface area contributed by atoms with Gasteiger partial charge in [0, 0.05) is 29.8 Å². The van der Waals surface area contributed by atoms with Crippen LogP contribution in [0.5, 0.6) is 0 Å². The first-order chi connectivity index (χ1) is 12.7. The second-order valence-corrected chi connectivity index (χ2v) is 5.81. The first-order valence-corrected chi connectivity index (χ1v) is 7.96. The molecular weight excluding hydrogens is 352 g/mol. The molecule has 0 saturated heterocycles.